The fraction of sp³-hybridized carbons (Fsp3) is 0.429. The number of nitrogens with one attached hydrogen (secondary N) is 1. The summed E-state index contributed by atoms with van der Waals surface area (Å²) in [6.45, 7) is 0.146. The van der Waals surface area contributed by atoms with Gasteiger partial charge in [-0.25, -0.2) is 13.1 Å². The predicted octanol–water partition coefficient (Wildman–Crippen LogP) is 0.135. The Labute approximate surface area is 87.5 Å². The monoisotopic (exact) mass is 235 g/mol. The second-order valence-electron chi connectivity index (χ2n) is 2.54. The van der Waals surface area contributed by atoms with Crippen molar-refractivity contribution >= 4 is 21.6 Å². The molecule has 7 heteroatoms. The minimum absolute atomic E-state index is 0.0792. The van der Waals surface area contributed by atoms with Crippen molar-refractivity contribution in [3.05, 3.63) is 24.0 Å². The van der Waals surface area contributed by atoms with E-state index in [0.717, 1.165) is 0 Å². The Morgan fingerprint density at radius 1 is 1.50 bits per heavy atom. The van der Waals surface area contributed by atoms with Crippen LogP contribution in [-0.4, -0.2) is 30.2 Å². The summed E-state index contributed by atoms with van der Waals surface area (Å²) in [7, 11) is -3.28. The molecule has 0 aliphatic heterocycles. The van der Waals surface area contributed by atoms with Crippen LogP contribution in [0, 0.1) is 0 Å². The van der Waals surface area contributed by atoms with E-state index in [9.17, 15) is 8.42 Å². The third-order valence-electron chi connectivity index (χ3n) is 1.45. The number of rotatable bonds is 5. The van der Waals surface area contributed by atoms with Gasteiger partial charge in [0.15, 0.2) is 0 Å². The van der Waals surface area contributed by atoms with Crippen LogP contribution < -0.4 is 4.72 Å². The minimum Gasteiger partial charge on any atom is -0.212 e. The van der Waals surface area contributed by atoms with Gasteiger partial charge in [0.05, 0.1) is 18.0 Å². The van der Waals surface area contributed by atoms with Gasteiger partial charge in [0, 0.05) is 12.1 Å². The largest absolute Gasteiger partial charge is 0.213 e. The van der Waals surface area contributed by atoms with Crippen molar-refractivity contribution in [2.24, 2.45) is 0 Å². The summed E-state index contributed by atoms with van der Waals surface area (Å²) < 4.78 is 24.7. The summed E-state index contributed by atoms with van der Waals surface area (Å²) in [6, 6.07) is 3.38. The molecule has 0 spiro atoms. The molecular weight excluding hydrogens is 226 g/mol. The van der Waals surface area contributed by atoms with Crippen LogP contribution in [0.2, 0.25) is 0 Å². The number of nitrogens with zero attached hydrogens (tertiary/aromatic N) is 2. The molecule has 1 heterocycles. The molecule has 0 unspecified atom stereocenters. The lowest BCUT2D eigenvalue weighted by Gasteiger charge is -2.03. The summed E-state index contributed by atoms with van der Waals surface area (Å²) >= 11 is 5.32. The quantitative estimate of drug-likeness (QED) is 0.737. The van der Waals surface area contributed by atoms with Gasteiger partial charge in [-0.3, -0.25) is 0 Å². The lowest BCUT2D eigenvalue weighted by atomic mass is 10.4. The van der Waals surface area contributed by atoms with Crippen molar-refractivity contribution in [2.45, 2.75) is 6.54 Å². The minimum atomic E-state index is -3.28. The van der Waals surface area contributed by atoms with Crippen LogP contribution in [0.5, 0.6) is 0 Å². The summed E-state index contributed by atoms with van der Waals surface area (Å²) in [5.41, 5.74) is 0.575. The fourth-order valence-electron chi connectivity index (χ4n) is 0.785. The van der Waals surface area contributed by atoms with E-state index in [1.165, 1.54) is 6.20 Å². The lowest BCUT2D eigenvalue weighted by molar-refractivity contribution is 0.581. The molecule has 78 valence electrons. The maximum atomic E-state index is 11.2. The molecule has 0 radical (unpaired) electrons. The number of hydrogen-bond donors (Lipinski definition) is 1. The Kier molecular flexibility index (Phi) is 4.24. The molecule has 0 aromatic carbocycles. The maximum Gasteiger partial charge on any atom is 0.213 e. The van der Waals surface area contributed by atoms with Gasteiger partial charge in [-0.15, -0.1) is 11.6 Å². The molecule has 1 aromatic heterocycles. The summed E-state index contributed by atoms with van der Waals surface area (Å²) in [5, 5.41) is 7.35. The van der Waals surface area contributed by atoms with Crippen molar-refractivity contribution in [3.63, 3.8) is 0 Å². The second-order valence-corrected chi connectivity index (χ2v) is 4.85. The van der Waals surface area contributed by atoms with Crippen LogP contribution in [0.3, 0.4) is 0 Å². The highest BCUT2D eigenvalue weighted by Gasteiger charge is 2.08. The van der Waals surface area contributed by atoms with Gasteiger partial charge >= 0.3 is 0 Å². The van der Waals surface area contributed by atoms with Gasteiger partial charge in [-0.05, 0) is 12.1 Å². The second kappa shape index (κ2) is 5.23. The predicted molar refractivity (Wildman–Crippen MR) is 53.4 cm³/mol. The topological polar surface area (TPSA) is 72.0 Å². The lowest BCUT2D eigenvalue weighted by Crippen LogP contribution is -2.27. The third kappa shape index (κ3) is 3.99. The molecule has 5 nitrogen and oxygen atoms in total. The molecular formula is C7H10ClN3O2S. The number of halogens is 1. The number of alkyl halides is 1. The highest BCUT2D eigenvalue weighted by molar-refractivity contribution is 7.89. The SMILES string of the molecule is O=S(=O)(CCCl)NCc1cccnn1. The average molecular weight is 236 g/mol. The molecule has 14 heavy (non-hydrogen) atoms. The van der Waals surface area contributed by atoms with Crippen molar-refractivity contribution < 1.29 is 8.42 Å². The standard InChI is InChI=1S/C7H10ClN3O2S/c8-3-5-14(12,13)10-6-7-2-1-4-9-11-7/h1-2,4,10H,3,5-6H2. The van der Waals surface area contributed by atoms with Gasteiger partial charge in [-0.2, -0.15) is 10.2 Å². The van der Waals surface area contributed by atoms with E-state index < -0.39 is 10.0 Å². The van der Waals surface area contributed by atoms with Crippen molar-refractivity contribution in [1.82, 2.24) is 14.9 Å². The van der Waals surface area contributed by atoms with E-state index in [1.807, 2.05) is 0 Å². The van der Waals surface area contributed by atoms with Crippen molar-refractivity contribution in [2.75, 3.05) is 11.6 Å². The first-order valence-corrected chi connectivity index (χ1v) is 6.12. The molecule has 0 fully saturated rings. The first kappa shape index (κ1) is 11.4. The highest BCUT2D eigenvalue weighted by Crippen LogP contribution is 1.93. The van der Waals surface area contributed by atoms with Gasteiger partial charge in [-0.1, -0.05) is 0 Å². The molecule has 1 aromatic rings. The Balaban J connectivity index is 2.49. The smallest absolute Gasteiger partial charge is 0.212 e. The molecule has 0 amide bonds. The zero-order chi connectivity index (χ0) is 10.4. The normalized spacial score (nSPS) is 11.5. The van der Waals surface area contributed by atoms with Crippen molar-refractivity contribution in [1.29, 1.82) is 0 Å². The Hall–Kier alpha value is -0.720. The van der Waals surface area contributed by atoms with Crippen LogP contribution in [0.15, 0.2) is 18.3 Å². The van der Waals surface area contributed by atoms with Gasteiger partial charge < -0.3 is 0 Å². The van der Waals surface area contributed by atoms with E-state index in [4.69, 9.17) is 11.6 Å². The number of sulfonamides is 1. The zero-order valence-corrected chi connectivity index (χ0v) is 8.92. The maximum absolute atomic E-state index is 11.2. The molecule has 0 saturated carbocycles. The van der Waals surface area contributed by atoms with Crippen molar-refractivity contribution in [3.8, 4) is 0 Å². The third-order valence-corrected chi connectivity index (χ3v) is 3.19. The molecule has 0 aliphatic carbocycles. The summed E-state index contributed by atoms with van der Waals surface area (Å²) in [5.74, 6) is -0.00931. The van der Waals surface area contributed by atoms with Gasteiger partial charge in [0.1, 0.15) is 0 Å². The molecule has 1 N–H and O–H groups in total. The highest BCUT2D eigenvalue weighted by atomic mass is 35.5. The Bertz CT molecular complexity index is 368. The van der Waals surface area contributed by atoms with Gasteiger partial charge in [0.25, 0.3) is 0 Å². The Morgan fingerprint density at radius 2 is 2.29 bits per heavy atom. The Morgan fingerprint density at radius 3 is 2.86 bits per heavy atom. The van der Waals surface area contributed by atoms with Gasteiger partial charge in [0.2, 0.25) is 10.0 Å². The molecule has 0 aliphatic rings. The van der Waals surface area contributed by atoms with E-state index in [-0.39, 0.29) is 18.2 Å². The summed E-state index contributed by atoms with van der Waals surface area (Å²) in [6.07, 6.45) is 1.52. The van der Waals surface area contributed by atoms with E-state index in [2.05, 4.69) is 14.9 Å². The first-order chi connectivity index (χ1) is 6.64. The van der Waals surface area contributed by atoms with Crippen LogP contribution in [0.4, 0.5) is 0 Å². The summed E-state index contributed by atoms with van der Waals surface area (Å²) in [4.78, 5) is 0. The first-order valence-electron chi connectivity index (χ1n) is 3.94. The van der Waals surface area contributed by atoms with E-state index >= 15 is 0 Å². The number of aromatic nitrogens is 2. The molecule has 0 atom stereocenters. The average Bonchev–Trinajstić information content (AvgIpc) is 2.17. The van der Waals surface area contributed by atoms with Crippen LogP contribution in [0.1, 0.15) is 5.69 Å². The van der Waals surface area contributed by atoms with Crippen LogP contribution in [0.25, 0.3) is 0 Å². The molecule has 1 rings (SSSR count). The van der Waals surface area contributed by atoms with Crippen LogP contribution >= 0.6 is 11.6 Å². The number of hydrogen-bond acceptors (Lipinski definition) is 4. The van der Waals surface area contributed by atoms with Crippen LogP contribution in [-0.2, 0) is 16.6 Å². The molecule has 0 saturated heterocycles. The fourth-order valence-corrected chi connectivity index (χ4v) is 2.11. The van der Waals surface area contributed by atoms with E-state index in [1.54, 1.807) is 12.1 Å². The zero-order valence-electron chi connectivity index (χ0n) is 7.35. The molecule has 0 bridgehead atoms. The van der Waals surface area contributed by atoms with E-state index in [0.29, 0.717) is 5.69 Å².